The molecular formula is C25H23N3O5. The van der Waals surface area contributed by atoms with Crippen molar-refractivity contribution in [2.75, 3.05) is 20.7 Å². The minimum Gasteiger partial charge on any atom is -0.452 e. The highest BCUT2D eigenvalue weighted by molar-refractivity contribution is 6.07. The Morgan fingerprint density at radius 1 is 1.12 bits per heavy atom. The molecule has 4 rings (SSSR count). The Morgan fingerprint density at radius 3 is 2.55 bits per heavy atom. The summed E-state index contributed by atoms with van der Waals surface area (Å²) in [6.07, 6.45) is 4.21. The molecule has 1 aromatic heterocycles. The van der Waals surface area contributed by atoms with Gasteiger partial charge in [-0.1, -0.05) is 18.2 Å². The summed E-state index contributed by atoms with van der Waals surface area (Å²) in [5.41, 5.74) is 4.44. The summed E-state index contributed by atoms with van der Waals surface area (Å²) in [5.74, 6) is -0.842. The van der Waals surface area contributed by atoms with Gasteiger partial charge in [0, 0.05) is 31.6 Å². The van der Waals surface area contributed by atoms with Gasteiger partial charge in [0.05, 0.1) is 21.7 Å². The number of esters is 1. The number of fused-ring (bicyclic) bond motifs is 2. The summed E-state index contributed by atoms with van der Waals surface area (Å²) in [4.78, 5) is 41.8. The van der Waals surface area contributed by atoms with Gasteiger partial charge < -0.3 is 9.64 Å². The Labute approximate surface area is 190 Å². The number of ether oxygens (including phenoxy) is 1. The second-order valence-corrected chi connectivity index (χ2v) is 8.07. The fourth-order valence-electron chi connectivity index (χ4n) is 3.93. The molecule has 0 saturated carbocycles. The Balaban J connectivity index is 1.78. The van der Waals surface area contributed by atoms with Crippen LogP contribution in [0.5, 0.6) is 0 Å². The van der Waals surface area contributed by atoms with E-state index in [1.807, 2.05) is 30.3 Å². The van der Waals surface area contributed by atoms with E-state index in [0.717, 1.165) is 35.2 Å². The van der Waals surface area contributed by atoms with E-state index in [1.54, 1.807) is 26.2 Å². The SMILES string of the molecule is CN(C)C(=O)COC(=O)c1c2c(nc3ccccc13)/C(=C/c1ccc([N+](=O)[O-])cc1)CCC2. The third-order valence-corrected chi connectivity index (χ3v) is 5.64. The van der Waals surface area contributed by atoms with Gasteiger partial charge in [0.1, 0.15) is 0 Å². The van der Waals surface area contributed by atoms with Crippen molar-refractivity contribution in [1.82, 2.24) is 9.88 Å². The molecule has 0 bridgehead atoms. The lowest BCUT2D eigenvalue weighted by Crippen LogP contribution is -2.28. The highest BCUT2D eigenvalue weighted by Gasteiger charge is 2.26. The van der Waals surface area contributed by atoms with Gasteiger partial charge in [0.2, 0.25) is 0 Å². The van der Waals surface area contributed by atoms with Crippen LogP contribution in [0.2, 0.25) is 0 Å². The van der Waals surface area contributed by atoms with Crippen LogP contribution in [0.4, 0.5) is 5.69 Å². The molecule has 168 valence electrons. The highest BCUT2D eigenvalue weighted by Crippen LogP contribution is 2.36. The van der Waals surface area contributed by atoms with E-state index in [4.69, 9.17) is 9.72 Å². The molecule has 1 heterocycles. The lowest BCUT2D eigenvalue weighted by molar-refractivity contribution is -0.384. The number of nitro benzene ring substituents is 1. The van der Waals surface area contributed by atoms with Gasteiger partial charge in [-0.3, -0.25) is 14.9 Å². The molecule has 0 spiro atoms. The monoisotopic (exact) mass is 445 g/mol. The van der Waals surface area contributed by atoms with Crippen LogP contribution in [0, 0.1) is 10.1 Å². The van der Waals surface area contributed by atoms with Gasteiger partial charge in [-0.05, 0) is 60.2 Å². The molecule has 33 heavy (non-hydrogen) atoms. The standard InChI is InChI=1S/C25H23N3O5/c1-27(2)22(29)15-33-25(30)23-19-7-3-4-9-21(19)26-24-17(6-5-8-20(23)24)14-16-10-12-18(13-11-16)28(31)32/h3-4,7,9-14H,5-6,8,15H2,1-2H3/b17-14+. The predicted octanol–water partition coefficient (Wildman–Crippen LogP) is 4.26. The molecule has 3 aromatic rings. The van der Waals surface area contributed by atoms with Crippen LogP contribution < -0.4 is 0 Å². The highest BCUT2D eigenvalue weighted by atomic mass is 16.6. The Hall–Kier alpha value is -4.07. The van der Waals surface area contributed by atoms with Crippen molar-refractivity contribution >= 4 is 40.1 Å². The maximum Gasteiger partial charge on any atom is 0.339 e. The average molecular weight is 445 g/mol. The first kappa shape index (κ1) is 22.1. The van der Waals surface area contributed by atoms with Crippen molar-refractivity contribution in [3.63, 3.8) is 0 Å². The largest absolute Gasteiger partial charge is 0.452 e. The molecule has 2 aromatic carbocycles. The Kier molecular flexibility index (Phi) is 6.17. The minimum atomic E-state index is -0.545. The molecule has 1 aliphatic rings. The average Bonchev–Trinajstić information content (AvgIpc) is 2.81. The molecule has 0 aliphatic heterocycles. The van der Waals surface area contributed by atoms with E-state index < -0.39 is 10.9 Å². The number of hydrogen-bond donors (Lipinski definition) is 0. The number of carbonyl (C=O) groups is 2. The zero-order chi connectivity index (χ0) is 23.5. The van der Waals surface area contributed by atoms with Gasteiger partial charge in [0.15, 0.2) is 6.61 Å². The number of nitrogens with zero attached hydrogens (tertiary/aromatic N) is 3. The zero-order valence-corrected chi connectivity index (χ0v) is 18.4. The third-order valence-electron chi connectivity index (χ3n) is 5.64. The normalized spacial score (nSPS) is 14.1. The van der Waals surface area contributed by atoms with Crippen LogP contribution in [0.3, 0.4) is 0 Å². The fraction of sp³-hybridized carbons (Fsp3) is 0.240. The molecule has 0 fully saturated rings. The number of amides is 1. The van der Waals surface area contributed by atoms with E-state index in [-0.39, 0.29) is 18.2 Å². The molecule has 1 amide bonds. The zero-order valence-electron chi connectivity index (χ0n) is 18.4. The number of non-ortho nitro benzene ring substituents is 1. The summed E-state index contributed by atoms with van der Waals surface area (Å²) in [6.45, 7) is -0.331. The summed E-state index contributed by atoms with van der Waals surface area (Å²) in [7, 11) is 3.21. The lowest BCUT2D eigenvalue weighted by atomic mass is 9.86. The lowest BCUT2D eigenvalue weighted by Gasteiger charge is -2.22. The fourth-order valence-corrected chi connectivity index (χ4v) is 3.93. The van der Waals surface area contributed by atoms with Crippen LogP contribution in [-0.4, -0.2) is 47.4 Å². The number of aromatic nitrogens is 1. The number of nitro groups is 1. The summed E-state index contributed by atoms with van der Waals surface area (Å²) >= 11 is 0. The van der Waals surface area contributed by atoms with E-state index in [2.05, 4.69) is 0 Å². The number of benzene rings is 2. The predicted molar refractivity (Wildman–Crippen MR) is 125 cm³/mol. The smallest absolute Gasteiger partial charge is 0.339 e. The molecule has 0 radical (unpaired) electrons. The number of likely N-dealkylation sites (N-methyl/N-ethyl adjacent to an activating group) is 1. The quantitative estimate of drug-likeness (QED) is 0.330. The third kappa shape index (κ3) is 4.59. The molecule has 8 heteroatoms. The van der Waals surface area contributed by atoms with Crippen molar-refractivity contribution in [2.45, 2.75) is 19.3 Å². The topological polar surface area (TPSA) is 103 Å². The Bertz CT molecular complexity index is 1280. The molecule has 0 N–H and O–H groups in total. The van der Waals surface area contributed by atoms with Gasteiger partial charge in [-0.2, -0.15) is 0 Å². The van der Waals surface area contributed by atoms with Crippen molar-refractivity contribution in [3.05, 3.63) is 81.0 Å². The van der Waals surface area contributed by atoms with E-state index in [9.17, 15) is 19.7 Å². The maximum atomic E-state index is 13.1. The number of carbonyl (C=O) groups excluding carboxylic acids is 2. The first-order chi connectivity index (χ1) is 15.8. The minimum absolute atomic E-state index is 0.0302. The molecule has 0 atom stereocenters. The van der Waals surface area contributed by atoms with Gasteiger partial charge >= 0.3 is 5.97 Å². The molecule has 1 aliphatic carbocycles. The van der Waals surface area contributed by atoms with Gasteiger partial charge in [-0.15, -0.1) is 0 Å². The maximum absolute atomic E-state index is 13.1. The van der Waals surface area contributed by atoms with E-state index in [1.165, 1.54) is 17.0 Å². The molecule has 0 saturated heterocycles. The van der Waals surface area contributed by atoms with Crippen LogP contribution in [0.25, 0.3) is 22.6 Å². The summed E-state index contributed by atoms with van der Waals surface area (Å²) in [6, 6.07) is 13.7. The number of allylic oxidation sites excluding steroid dienone is 1. The molecule has 8 nitrogen and oxygen atoms in total. The van der Waals surface area contributed by atoms with E-state index in [0.29, 0.717) is 22.9 Å². The number of hydrogen-bond acceptors (Lipinski definition) is 6. The van der Waals surface area contributed by atoms with Crippen LogP contribution >= 0.6 is 0 Å². The van der Waals surface area contributed by atoms with E-state index >= 15 is 0 Å². The van der Waals surface area contributed by atoms with Crippen molar-refractivity contribution in [2.24, 2.45) is 0 Å². The summed E-state index contributed by atoms with van der Waals surface area (Å²) < 4.78 is 5.37. The molecular weight excluding hydrogens is 422 g/mol. The van der Waals surface area contributed by atoms with Gasteiger partial charge in [0.25, 0.3) is 11.6 Å². The van der Waals surface area contributed by atoms with Crippen LogP contribution in [0.15, 0.2) is 48.5 Å². The Morgan fingerprint density at radius 2 is 1.85 bits per heavy atom. The first-order valence-corrected chi connectivity index (χ1v) is 10.6. The second-order valence-electron chi connectivity index (χ2n) is 8.07. The number of rotatable bonds is 5. The van der Waals surface area contributed by atoms with Crippen molar-refractivity contribution in [1.29, 1.82) is 0 Å². The van der Waals surface area contributed by atoms with Crippen LogP contribution in [-0.2, 0) is 16.0 Å². The first-order valence-electron chi connectivity index (χ1n) is 10.6. The van der Waals surface area contributed by atoms with Crippen molar-refractivity contribution in [3.8, 4) is 0 Å². The van der Waals surface area contributed by atoms with Crippen molar-refractivity contribution < 1.29 is 19.2 Å². The van der Waals surface area contributed by atoms with Crippen LogP contribution in [0.1, 0.15) is 40.0 Å². The second kappa shape index (κ2) is 9.20. The number of para-hydroxylation sites is 1. The van der Waals surface area contributed by atoms with Gasteiger partial charge in [-0.25, -0.2) is 9.78 Å². The summed E-state index contributed by atoms with van der Waals surface area (Å²) in [5, 5.41) is 11.6. The molecule has 0 unspecified atom stereocenters. The number of pyridine rings is 1.